The number of hydrogen-bond donors (Lipinski definition) is 3. The van der Waals surface area contributed by atoms with E-state index in [-0.39, 0.29) is 0 Å². The molecule has 0 fully saturated rings. The lowest BCUT2D eigenvalue weighted by molar-refractivity contribution is -0.141. The number of carboxylic acid groups (broad SMARTS) is 1. The third kappa shape index (κ3) is 5.45. The summed E-state index contributed by atoms with van der Waals surface area (Å²) in [5, 5.41) is 8.65. The Kier molecular flexibility index (Phi) is 6.32. The van der Waals surface area contributed by atoms with Crippen LogP contribution in [0.5, 0.6) is 0 Å². The van der Waals surface area contributed by atoms with Crippen LogP contribution in [0.4, 0.5) is 4.39 Å². The summed E-state index contributed by atoms with van der Waals surface area (Å²) in [5.74, 6) is -0.867. The fourth-order valence-electron chi connectivity index (χ4n) is 0.931. The lowest BCUT2D eigenvalue weighted by Gasteiger charge is -2.15. The zero-order valence-electron chi connectivity index (χ0n) is 9.32. The first-order valence-corrected chi connectivity index (χ1v) is 4.95. The molecule has 6 heteroatoms. The predicted octanol–water partition coefficient (Wildman–Crippen LogP) is 0.452. The van der Waals surface area contributed by atoms with Crippen molar-refractivity contribution in [2.24, 2.45) is 16.5 Å². The van der Waals surface area contributed by atoms with Crippen LogP contribution in [0.25, 0.3) is 0 Å². The predicted molar refractivity (Wildman–Crippen MR) is 61.1 cm³/mol. The fourth-order valence-corrected chi connectivity index (χ4v) is 0.931. The van der Waals surface area contributed by atoms with Crippen LogP contribution in [0.15, 0.2) is 17.1 Å². The van der Waals surface area contributed by atoms with Crippen molar-refractivity contribution < 1.29 is 14.3 Å². The summed E-state index contributed by atoms with van der Waals surface area (Å²) in [5.41, 5.74) is 8.71. The molecule has 0 aromatic carbocycles. The smallest absolute Gasteiger partial charge is 0.330 e. The normalized spacial score (nSPS) is 16.3. The molecule has 0 aliphatic heterocycles. The van der Waals surface area contributed by atoms with Crippen molar-refractivity contribution in [1.82, 2.24) is 0 Å². The largest absolute Gasteiger partial charge is 0.480 e. The molecule has 0 saturated heterocycles. The number of rotatable bonds is 7. The minimum absolute atomic E-state index is 0.506. The zero-order chi connectivity index (χ0) is 12.6. The topological polar surface area (TPSA) is 102 Å². The summed E-state index contributed by atoms with van der Waals surface area (Å²) in [4.78, 5) is 14.6. The van der Waals surface area contributed by atoms with Crippen molar-refractivity contribution in [3.8, 4) is 0 Å². The fraction of sp³-hybridized carbons (Fsp3) is 0.600. The summed E-state index contributed by atoms with van der Waals surface area (Å²) < 4.78 is 12.4. The third-order valence-corrected chi connectivity index (χ3v) is 1.92. The van der Waals surface area contributed by atoms with E-state index in [0.717, 1.165) is 0 Å². The molecule has 0 bridgehead atoms. The van der Waals surface area contributed by atoms with Crippen molar-refractivity contribution in [2.75, 3.05) is 13.2 Å². The van der Waals surface area contributed by atoms with Crippen molar-refractivity contribution in [3.63, 3.8) is 0 Å². The molecule has 1 atom stereocenters. The molecule has 0 aliphatic carbocycles. The Bertz CT molecular complexity index is 288. The maximum Gasteiger partial charge on any atom is 0.330 e. The molecule has 0 heterocycles. The van der Waals surface area contributed by atoms with Crippen LogP contribution in [0.3, 0.4) is 0 Å². The minimum atomic E-state index is -1.91. The highest BCUT2D eigenvalue weighted by molar-refractivity contribution is 5.81. The highest BCUT2D eigenvalue weighted by Gasteiger charge is 2.30. The standard InChI is InChI=1S/C10H18FN3O2/c1-8(12)14-6-4-2-3-5-10(13,7-11)9(15)16/h3,5H,2,4,6-7,13H2,1H3,(H2,12,14)(H,15,16)/b5-3+. The van der Waals surface area contributed by atoms with E-state index >= 15 is 0 Å². The van der Waals surface area contributed by atoms with Crippen molar-refractivity contribution in [1.29, 1.82) is 0 Å². The van der Waals surface area contributed by atoms with Gasteiger partial charge in [-0.3, -0.25) is 4.99 Å². The molecule has 0 aromatic rings. The first-order chi connectivity index (χ1) is 7.42. The molecule has 1 unspecified atom stereocenters. The lowest BCUT2D eigenvalue weighted by atomic mass is 10.0. The molecular weight excluding hydrogens is 213 g/mol. The Morgan fingerprint density at radius 2 is 2.25 bits per heavy atom. The Balaban J connectivity index is 4.00. The summed E-state index contributed by atoms with van der Waals surface area (Å²) in [6.45, 7) is 1.13. The molecular formula is C10H18FN3O2. The molecule has 5 N–H and O–H groups in total. The number of carboxylic acids is 1. The van der Waals surface area contributed by atoms with E-state index in [1.54, 1.807) is 13.0 Å². The Morgan fingerprint density at radius 1 is 1.62 bits per heavy atom. The third-order valence-electron chi connectivity index (χ3n) is 1.92. The second kappa shape index (κ2) is 6.95. The van der Waals surface area contributed by atoms with E-state index in [4.69, 9.17) is 16.6 Å². The number of halogens is 1. The number of unbranched alkanes of at least 4 members (excludes halogenated alkanes) is 1. The van der Waals surface area contributed by atoms with E-state index in [1.807, 2.05) is 0 Å². The second-order valence-electron chi connectivity index (χ2n) is 3.55. The van der Waals surface area contributed by atoms with E-state index in [0.29, 0.717) is 25.2 Å². The average molecular weight is 231 g/mol. The molecule has 0 aliphatic rings. The number of allylic oxidation sites excluding steroid dienone is 1. The molecule has 0 radical (unpaired) electrons. The molecule has 5 nitrogen and oxygen atoms in total. The van der Waals surface area contributed by atoms with Crippen LogP contribution < -0.4 is 11.5 Å². The van der Waals surface area contributed by atoms with Crippen LogP contribution in [0, 0.1) is 0 Å². The highest BCUT2D eigenvalue weighted by atomic mass is 19.1. The Hall–Kier alpha value is -1.43. The van der Waals surface area contributed by atoms with E-state index < -0.39 is 18.2 Å². The van der Waals surface area contributed by atoms with E-state index in [9.17, 15) is 9.18 Å². The molecule has 0 aromatic heterocycles. The van der Waals surface area contributed by atoms with Gasteiger partial charge in [0.05, 0.1) is 5.84 Å². The van der Waals surface area contributed by atoms with Gasteiger partial charge in [0.1, 0.15) is 6.67 Å². The van der Waals surface area contributed by atoms with Crippen LogP contribution in [-0.2, 0) is 4.79 Å². The first-order valence-electron chi connectivity index (χ1n) is 4.95. The summed E-state index contributed by atoms with van der Waals surface area (Å²) in [7, 11) is 0. The van der Waals surface area contributed by atoms with Crippen molar-refractivity contribution >= 4 is 11.8 Å². The van der Waals surface area contributed by atoms with Crippen molar-refractivity contribution in [2.45, 2.75) is 25.3 Å². The van der Waals surface area contributed by atoms with Crippen LogP contribution >= 0.6 is 0 Å². The van der Waals surface area contributed by atoms with Gasteiger partial charge in [-0.25, -0.2) is 9.18 Å². The van der Waals surface area contributed by atoms with Gasteiger partial charge < -0.3 is 16.6 Å². The van der Waals surface area contributed by atoms with Gasteiger partial charge in [0.2, 0.25) is 0 Å². The molecule has 0 amide bonds. The number of nitrogens with two attached hydrogens (primary N) is 2. The lowest BCUT2D eigenvalue weighted by Crippen LogP contribution is -2.48. The van der Waals surface area contributed by atoms with Crippen LogP contribution in [-0.4, -0.2) is 35.7 Å². The first kappa shape index (κ1) is 14.6. The van der Waals surface area contributed by atoms with Gasteiger partial charge in [0.25, 0.3) is 0 Å². The Labute approximate surface area is 94.0 Å². The Morgan fingerprint density at radius 3 is 2.69 bits per heavy atom. The van der Waals surface area contributed by atoms with Crippen LogP contribution in [0.1, 0.15) is 19.8 Å². The number of carbonyl (C=O) groups is 1. The van der Waals surface area contributed by atoms with Gasteiger partial charge in [0.15, 0.2) is 5.54 Å². The number of aliphatic carboxylic acids is 1. The average Bonchev–Trinajstić information content (AvgIpc) is 2.22. The van der Waals surface area contributed by atoms with Crippen LogP contribution in [0.2, 0.25) is 0 Å². The molecule has 0 saturated carbocycles. The number of amidine groups is 1. The van der Waals surface area contributed by atoms with E-state index in [1.165, 1.54) is 6.08 Å². The highest BCUT2D eigenvalue weighted by Crippen LogP contribution is 2.06. The van der Waals surface area contributed by atoms with Gasteiger partial charge in [0, 0.05) is 6.54 Å². The maximum absolute atomic E-state index is 12.4. The monoisotopic (exact) mass is 231 g/mol. The number of aliphatic imine (C=N–C) groups is 1. The number of hydrogen-bond acceptors (Lipinski definition) is 3. The molecule has 16 heavy (non-hydrogen) atoms. The molecule has 0 spiro atoms. The second-order valence-corrected chi connectivity index (χ2v) is 3.55. The van der Waals surface area contributed by atoms with Gasteiger partial charge in [-0.15, -0.1) is 0 Å². The SMILES string of the molecule is CC(N)=NCCC/C=C/C(N)(CF)C(=O)O. The molecule has 92 valence electrons. The summed E-state index contributed by atoms with van der Waals surface area (Å²) in [6.07, 6.45) is 4.03. The van der Waals surface area contributed by atoms with Gasteiger partial charge in [-0.1, -0.05) is 12.2 Å². The minimum Gasteiger partial charge on any atom is -0.480 e. The van der Waals surface area contributed by atoms with Crippen molar-refractivity contribution in [3.05, 3.63) is 12.2 Å². The maximum atomic E-state index is 12.4. The quantitative estimate of drug-likeness (QED) is 0.256. The number of alkyl halides is 1. The van der Waals surface area contributed by atoms with Gasteiger partial charge in [-0.05, 0) is 19.8 Å². The van der Waals surface area contributed by atoms with Gasteiger partial charge >= 0.3 is 5.97 Å². The van der Waals surface area contributed by atoms with E-state index in [2.05, 4.69) is 4.99 Å². The zero-order valence-corrected chi connectivity index (χ0v) is 9.32. The number of nitrogens with zero attached hydrogens (tertiary/aromatic N) is 1. The molecule has 0 rings (SSSR count). The van der Waals surface area contributed by atoms with Gasteiger partial charge in [-0.2, -0.15) is 0 Å². The summed E-state index contributed by atoms with van der Waals surface area (Å²) in [6, 6.07) is 0. The summed E-state index contributed by atoms with van der Waals surface area (Å²) >= 11 is 0.